The molecular formula is C19H18N2O3S2. The van der Waals surface area contributed by atoms with Crippen molar-refractivity contribution in [3.05, 3.63) is 80.7 Å². The molecule has 3 N–H and O–H groups in total. The summed E-state index contributed by atoms with van der Waals surface area (Å²) in [5.41, 5.74) is -0.445. The molecule has 0 fully saturated rings. The molecule has 3 rings (SSSR count). The van der Waals surface area contributed by atoms with Crippen LogP contribution >= 0.6 is 22.7 Å². The van der Waals surface area contributed by atoms with E-state index in [4.69, 9.17) is 0 Å². The predicted molar refractivity (Wildman–Crippen MR) is 103 cm³/mol. The highest BCUT2D eigenvalue weighted by Crippen LogP contribution is 2.34. The summed E-state index contributed by atoms with van der Waals surface area (Å²) in [6.45, 7) is 0.193. The topological polar surface area (TPSA) is 78.4 Å². The molecular weight excluding hydrogens is 368 g/mol. The summed E-state index contributed by atoms with van der Waals surface area (Å²) in [5.74, 6) is -1.50. The molecule has 0 saturated heterocycles. The summed E-state index contributed by atoms with van der Waals surface area (Å²) in [7, 11) is 0. The Hall–Kier alpha value is -2.48. The lowest BCUT2D eigenvalue weighted by molar-refractivity contribution is -0.139. The molecule has 0 aliphatic rings. The number of benzene rings is 1. The van der Waals surface area contributed by atoms with Gasteiger partial charge in [-0.25, -0.2) is 0 Å². The smallest absolute Gasteiger partial charge is 0.309 e. The second-order valence-corrected chi connectivity index (χ2v) is 7.56. The van der Waals surface area contributed by atoms with Crippen LogP contribution in [0.15, 0.2) is 65.4 Å². The van der Waals surface area contributed by atoms with Gasteiger partial charge in [0.25, 0.3) is 0 Å². The van der Waals surface area contributed by atoms with Crippen molar-refractivity contribution in [2.75, 3.05) is 6.54 Å². The van der Waals surface area contributed by atoms with Crippen LogP contribution < -0.4 is 10.6 Å². The van der Waals surface area contributed by atoms with Crippen LogP contribution in [0, 0.1) is 0 Å². The highest BCUT2D eigenvalue weighted by molar-refractivity contribution is 7.11. The Labute approximate surface area is 159 Å². The third-order valence-corrected chi connectivity index (χ3v) is 5.91. The average molecular weight is 386 g/mol. The number of nitrogens with one attached hydrogen (secondary N) is 2. The average Bonchev–Trinajstić information content (AvgIpc) is 3.39. The molecule has 2 aromatic heterocycles. The first kappa shape index (κ1) is 18.3. The van der Waals surface area contributed by atoms with Crippen LogP contribution in [0.25, 0.3) is 0 Å². The van der Waals surface area contributed by atoms with E-state index < -0.39 is 17.4 Å². The third kappa shape index (κ3) is 4.19. The van der Waals surface area contributed by atoms with Gasteiger partial charge in [0.05, 0.1) is 6.54 Å². The summed E-state index contributed by atoms with van der Waals surface area (Å²) in [6.07, 6.45) is 0. The van der Waals surface area contributed by atoms with Crippen molar-refractivity contribution in [3.8, 4) is 0 Å². The van der Waals surface area contributed by atoms with Gasteiger partial charge in [-0.3, -0.25) is 9.59 Å². The summed E-state index contributed by atoms with van der Waals surface area (Å²) < 4.78 is 0. The van der Waals surface area contributed by atoms with E-state index >= 15 is 0 Å². The molecule has 0 aliphatic carbocycles. The van der Waals surface area contributed by atoms with E-state index in [2.05, 4.69) is 10.6 Å². The maximum Gasteiger partial charge on any atom is 0.309 e. The van der Waals surface area contributed by atoms with Gasteiger partial charge in [-0.2, -0.15) is 0 Å². The van der Waals surface area contributed by atoms with E-state index in [0.29, 0.717) is 9.75 Å². The van der Waals surface area contributed by atoms with Crippen molar-refractivity contribution in [2.24, 2.45) is 0 Å². The molecule has 2 amide bonds. The molecule has 0 spiro atoms. The summed E-state index contributed by atoms with van der Waals surface area (Å²) in [4.78, 5) is 25.6. The Bertz CT molecular complexity index is 812. The zero-order valence-electron chi connectivity index (χ0n) is 13.8. The van der Waals surface area contributed by atoms with E-state index in [1.807, 2.05) is 65.4 Å². The van der Waals surface area contributed by atoms with Crippen LogP contribution in [-0.4, -0.2) is 23.5 Å². The van der Waals surface area contributed by atoms with Gasteiger partial charge >= 0.3 is 11.8 Å². The van der Waals surface area contributed by atoms with Gasteiger partial charge in [0.15, 0.2) is 0 Å². The molecule has 0 atom stereocenters. The monoisotopic (exact) mass is 386 g/mol. The Balaban J connectivity index is 1.62. The standard InChI is InChI=1S/C19H18N2O3S2/c22-17(20-12-14-6-2-1-3-7-14)18(23)21-13-19(24,15-8-4-10-25-15)16-9-5-11-26-16/h1-11,24H,12-13H2,(H,20,22)(H,21,23). The van der Waals surface area contributed by atoms with Crippen LogP contribution in [-0.2, 0) is 21.7 Å². The first-order chi connectivity index (χ1) is 12.6. The first-order valence-corrected chi connectivity index (χ1v) is 9.76. The SMILES string of the molecule is O=C(NCc1ccccc1)C(=O)NCC(O)(c1cccs1)c1cccs1. The van der Waals surface area contributed by atoms with Gasteiger partial charge < -0.3 is 15.7 Å². The minimum absolute atomic E-state index is 0.0778. The summed E-state index contributed by atoms with van der Waals surface area (Å²) >= 11 is 2.80. The molecule has 0 radical (unpaired) electrons. The fourth-order valence-electron chi connectivity index (χ4n) is 2.47. The molecule has 0 saturated carbocycles. The van der Waals surface area contributed by atoms with Crippen molar-refractivity contribution in [3.63, 3.8) is 0 Å². The second-order valence-electron chi connectivity index (χ2n) is 5.67. The van der Waals surface area contributed by atoms with Crippen molar-refractivity contribution in [1.29, 1.82) is 0 Å². The normalized spacial score (nSPS) is 11.1. The molecule has 7 heteroatoms. The quantitative estimate of drug-likeness (QED) is 0.570. The summed E-state index contributed by atoms with van der Waals surface area (Å²) in [5, 5.41) is 20.0. The molecule has 0 bridgehead atoms. The van der Waals surface area contributed by atoms with Gasteiger partial charge in [0.2, 0.25) is 0 Å². The van der Waals surface area contributed by atoms with Gasteiger partial charge in [0.1, 0.15) is 5.60 Å². The number of thiophene rings is 2. The van der Waals surface area contributed by atoms with Crippen LogP contribution in [0.5, 0.6) is 0 Å². The lowest BCUT2D eigenvalue weighted by Crippen LogP contribution is -2.46. The molecule has 3 aromatic rings. The molecule has 2 heterocycles. The lowest BCUT2D eigenvalue weighted by atomic mass is 10.00. The Morgan fingerprint density at radius 3 is 1.96 bits per heavy atom. The first-order valence-electron chi connectivity index (χ1n) is 8.00. The number of aliphatic hydroxyl groups is 1. The third-order valence-electron chi connectivity index (χ3n) is 3.86. The van der Waals surface area contributed by atoms with Crippen LogP contribution in [0.3, 0.4) is 0 Å². The number of amides is 2. The zero-order valence-corrected chi connectivity index (χ0v) is 15.5. The van der Waals surface area contributed by atoms with E-state index in [1.165, 1.54) is 22.7 Å². The highest BCUT2D eigenvalue weighted by Gasteiger charge is 2.34. The highest BCUT2D eigenvalue weighted by atomic mass is 32.1. The molecule has 26 heavy (non-hydrogen) atoms. The van der Waals surface area contributed by atoms with E-state index in [9.17, 15) is 14.7 Å². The van der Waals surface area contributed by atoms with E-state index in [0.717, 1.165) is 5.56 Å². The van der Waals surface area contributed by atoms with E-state index in [-0.39, 0.29) is 13.1 Å². The number of hydrogen-bond donors (Lipinski definition) is 3. The molecule has 0 unspecified atom stereocenters. The largest absolute Gasteiger partial charge is 0.377 e. The van der Waals surface area contributed by atoms with Gasteiger partial charge in [-0.05, 0) is 28.5 Å². The van der Waals surface area contributed by atoms with Gasteiger partial charge in [0, 0.05) is 16.3 Å². The maximum atomic E-state index is 12.1. The molecule has 0 aliphatic heterocycles. The van der Waals surface area contributed by atoms with Crippen molar-refractivity contribution in [2.45, 2.75) is 12.1 Å². The van der Waals surface area contributed by atoms with E-state index in [1.54, 1.807) is 0 Å². The Morgan fingerprint density at radius 2 is 1.42 bits per heavy atom. The summed E-state index contributed by atoms with van der Waals surface area (Å²) in [6, 6.07) is 16.6. The fourth-order valence-corrected chi connectivity index (χ4v) is 4.21. The fraction of sp³-hybridized carbons (Fsp3) is 0.158. The number of carbonyl (C=O) groups is 2. The number of carbonyl (C=O) groups excluding carboxylic acids is 2. The molecule has 134 valence electrons. The zero-order chi connectivity index (χ0) is 18.4. The Kier molecular flexibility index (Phi) is 5.82. The van der Waals surface area contributed by atoms with Crippen LogP contribution in [0.4, 0.5) is 0 Å². The minimum atomic E-state index is -1.35. The minimum Gasteiger partial charge on any atom is -0.377 e. The van der Waals surface area contributed by atoms with Crippen molar-refractivity contribution >= 4 is 34.5 Å². The Morgan fingerprint density at radius 1 is 0.846 bits per heavy atom. The molecule has 1 aromatic carbocycles. The maximum absolute atomic E-state index is 12.1. The van der Waals surface area contributed by atoms with Crippen molar-refractivity contribution < 1.29 is 14.7 Å². The number of rotatable bonds is 6. The van der Waals surface area contributed by atoms with Crippen LogP contribution in [0.2, 0.25) is 0 Å². The molecule has 5 nitrogen and oxygen atoms in total. The lowest BCUT2D eigenvalue weighted by Gasteiger charge is -2.26. The van der Waals surface area contributed by atoms with Gasteiger partial charge in [-0.15, -0.1) is 22.7 Å². The van der Waals surface area contributed by atoms with Gasteiger partial charge in [-0.1, -0.05) is 42.5 Å². The van der Waals surface area contributed by atoms with Crippen LogP contribution in [0.1, 0.15) is 15.3 Å². The predicted octanol–water partition coefficient (Wildman–Crippen LogP) is 2.48. The second kappa shape index (κ2) is 8.27. The number of hydrogen-bond acceptors (Lipinski definition) is 5. The van der Waals surface area contributed by atoms with Crippen molar-refractivity contribution in [1.82, 2.24) is 10.6 Å².